The van der Waals surface area contributed by atoms with Gasteiger partial charge in [0.1, 0.15) is 6.61 Å². The van der Waals surface area contributed by atoms with Crippen LogP contribution in [-0.2, 0) is 32.7 Å². The minimum Gasteiger partial charge on any atom is -0.462 e. The first-order valence-corrected chi connectivity index (χ1v) is 24.7. The first-order chi connectivity index (χ1) is 27.3. The summed E-state index contributed by atoms with van der Waals surface area (Å²) < 4.78 is 32.1. The molecule has 328 valence electrons. The molecule has 1 N–H and O–H groups in total. The van der Waals surface area contributed by atoms with Crippen molar-refractivity contribution in [3.63, 3.8) is 0 Å². The van der Waals surface area contributed by atoms with Crippen LogP contribution < -0.4 is 0 Å². The molecule has 0 rings (SSSR count). The van der Waals surface area contributed by atoms with Gasteiger partial charge < -0.3 is 14.4 Å². The summed E-state index contributed by atoms with van der Waals surface area (Å²) in [4.78, 5) is 34.6. The second-order valence-corrected chi connectivity index (χ2v) is 17.1. The Morgan fingerprint density at radius 3 is 1.30 bits per heavy atom. The van der Waals surface area contributed by atoms with Crippen molar-refractivity contribution in [3.8, 4) is 0 Å². The third-order valence-corrected chi connectivity index (χ3v) is 11.1. The van der Waals surface area contributed by atoms with Gasteiger partial charge in [-0.2, -0.15) is 0 Å². The van der Waals surface area contributed by atoms with E-state index in [4.69, 9.17) is 14.0 Å². The zero-order valence-corrected chi connectivity index (χ0v) is 37.4. The number of carbonyl (C=O) groups excluding carboxylic acids is 2. The highest BCUT2D eigenvalue weighted by Crippen LogP contribution is 2.42. The minimum absolute atomic E-state index is 0.228. The van der Waals surface area contributed by atoms with Crippen LogP contribution >= 0.6 is 7.82 Å². The fraction of sp³-hybridized carbons (Fsp3) is 0.830. The van der Waals surface area contributed by atoms with E-state index in [0.29, 0.717) is 12.8 Å². The standard InChI is InChI=1S/C47H87O8P/c1-4-6-8-10-12-14-16-18-20-22-24-26-28-30-32-34-36-38-40-42-47(49)55-45(44-54-56(50,51)52-3)43-53-46(48)41-39-37-35-33-31-29-27-25-23-21-19-17-15-13-11-9-7-5-2/h12,14,18,20,24,26,45H,4-11,13,15-17,19,21-23,25,27-44H2,1-3H3,(H,50,51)/b14-12-,20-18-,26-24-. The number of phosphoric ester groups is 1. The van der Waals surface area contributed by atoms with E-state index in [1.54, 1.807) is 0 Å². The average Bonchev–Trinajstić information content (AvgIpc) is 3.19. The van der Waals surface area contributed by atoms with Crippen molar-refractivity contribution >= 4 is 19.8 Å². The molecule has 0 aromatic carbocycles. The predicted molar refractivity (Wildman–Crippen MR) is 235 cm³/mol. The van der Waals surface area contributed by atoms with E-state index in [1.807, 2.05) is 0 Å². The number of hydrogen-bond donors (Lipinski definition) is 1. The molecule has 0 aliphatic heterocycles. The smallest absolute Gasteiger partial charge is 0.462 e. The van der Waals surface area contributed by atoms with Gasteiger partial charge in [0.05, 0.1) is 6.61 Å². The molecule has 2 atom stereocenters. The molecule has 9 heteroatoms. The molecule has 0 heterocycles. The highest BCUT2D eigenvalue weighted by atomic mass is 31.2. The molecule has 0 saturated heterocycles. The third kappa shape index (κ3) is 41.9. The maximum atomic E-state index is 12.5. The van der Waals surface area contributed by atoms with Gasteiger partial charge in [0.25, 0.3) is 0 Å². The summed E-state index contributed by atoms with van der Waals surface area (Å²) in [5, 5.41) is 0. The summed E-state index contributed by atoms with van der Waals surface area (Å²) >= 11 is 0. The summed E-state index contributed by atoms with van der Waals surface area (Å²) in [6, 6.07) is 0. The molecule has 0 spiro atoms. The molecule has 0 aliphatic carbocycles. The molecule has 2 unspecified atom stereocenters. The molecule has 56 heavy (non-hydrogen) atoms. The van der Waals surface area contributed by atoms with E-state index < -0.39 is 26.5 Å². The molecule has 0 fully saturated rings. The highest BCUT2D eigenvalue weighted by Gasteiger charge is 2.24. The molecule has 8 nitrogen and oxygen atoms in total. The molecule has 0 aliphatic rings. The first-order valence-electron chi connectivity index (χ1n) is 23.2. The lowest BCUT2D eigenvalue weighted by atomic mass is 10.0. The van der Waals surface area contributed by atoms with Crippen LogP contribution in [0.1, 0.15) is 226 Å². The minimum atomic E-state index is -4.27. The van der Waals surface area contributed by atoms with Crippen LogP contribution in [0, 0.1) is 0 Å². The Labute approximate surface area is 345 Å². The van der Waals surface area contributed by atoms with Crippen molar-refractivity contribution in [2.24, 2.45) is 0 Å². The molecule has 0 bridgehead atoms. The van der Waals surface area contributed by atoms with E-state index in [2.05, 4.69) is 54.8 Å². The Balaban J connectivity index is 3.97. The van der Waals surface area contributed by atoms with Crippen LogP contribution in [-0.4, -0.2) is 43.3 Å². The Morgan fingerprint density at radius 1 is 0.500 bits per heavy atom. The van der Waals surface area contributed by atoms with Gasteiger partial charge in [-0.3, -0.25) is 18.6 Å². The molecular formula is C47H87O8P. The van der Waals surface area contributed by atoms with Crippen LogP contribution in [0.25, 0.3) is 0 Å². The summed E-state index contributed by atoms with van der Waals surface area (Å²) in [5.41, 5.74) is 0. The van der Waals surface area contributed by atoms with Crippen LogP contribution in [0.4, 0.5) is 0 Å². The number of rotatable bonds is 43. The number of unbranched alkanes of at least 4 members (excludes halogenated alkanes) is 26. The van der Waals surface area contributed by atoms with Crippen molar-refractivity contribution in [1.82, 2.24) is 0 Å². The molecule has 0 amide bonds. The maximum Gasteiger partial charge on any atom is 0.472 e. The molecular weight excluding hydrogens is 723 g/mol. The number of phosphoric acid groups is 1. The first kappa shape index (κ1) is 54.3. The van der Waals surface area contributed by atoms with Gasteiger partial charge in [-0.25, -0.2) is 4.57 Å². The van der Waals surface area contributed by atoms with Gasteiger partial charge in [-0.05, 0) is 51.4 Å². The lowest BCUT2D eigenvalue weighted by Gasteiger charge is -2.19. The number of ether oxygens (including phenoxy) is 2. The van der Waals surface area contributed by atoms with E-state index in [9.17, 15) is 19.0 Å². The monoisotopic (exact) mass is 811 g/mol. The lowest BCUT2D eigenvalue weighted by Crippen LogP contribution is -2.29. The van der Waals surface area contributed by atoms with E-state index in [0.717, 1.165) is 64.9 Å². The van der Waals surface area contributed by atoms with Gasteiger partial charge >= 0.3 is 19.8 Å². The van der Waals surface area contributed by atoms with Gasteiger partial charge in [-0.1, -0.05) is 198 Å². The lowest BCUT2D eigenvalue weighted by molar-refractivity contribution is -0.161. The fourth-order valence-corrected chi connectivity index (χ4v) is 7.01. The van der Waals surface area contributed by atoms with Crippen LogP contribution in [0.15, 0.2) is 36.5 Å². The molecule has 0 saturated carbocycles. The Bertz CT molecular complexity index is 1010. The number of hydrogen-bond acceptors (Lipinski definition) is 7. The van der Waals surface area contributed by atoms with Crippen LogP contribution in [0.2, 0.25) is 0 Å². The number of allylic oxidation sites excluding steroid dienone is 6. The fourth-order valence-electron chi connectivity index (χ4n) is 6.55. The quantitative estimate of drug-likeness (QED) is 0.0281. The van der Waals surface area contributed by atoms with E-state index >= 15 is 0 Å². The average molecular weight is 811 g/mol. The van der Waals surface area contributed by atoms with Crippen molar-refractivity contribution in [2.45, 2.75) is 232 Å². The van der Waals surface area contributed by atoms with Gasteiger partial charge in [-0.15, -0.1) is 0 Å². The molecule has 0 aromatic heterocycles. The summed E-state index contributed by atoms with van der Waals surface area (Å²) in [6.07, 6.45) is 50.5. The Hall–Kier alpha value is -1.73. The molecule has 0 radical (unpaired) electrons. The van der Waals surface area contributed by atoms with Crippen LogP contribution in [0.5, 0.6) is 0 Å². The van der Waals surface area contributed by atoms with Crippen molar-refractivity contribution < 1.29 is 37.6 Å². The topological polar surface area (TPSA) is 108 Å². The van der Waals surface area contributed by atoms with Crippen molar-refractivity contribution in [3.05, 3.63) is 36.5 Å². The Kier molecular flexibility index (Phi) is 41.5. The van der Waals surface area contributed by atoms with E-state index in [1.165, 1.54) is 135 Å². The van der Waals surface area contributed by atoms with Gasteiger partial charge in [0.15, 0.2) is 6.10 Å². The van der Waals surface area contributed by atoms with Crippen molar-refractivity contribution in [2.75, 3.05) is 20.3 Å². The number of esters is 2. The molecule has 0 aromatic rings. The van der Waals surface area contributed by atoms with Gasteiger partial charge in [0, 0.05) is 20.0 Å². The van der Waals surface area contributed by atoms with Crippen molar-refractivity contribution in [1.29, 1.82) is 0 Å². The maximum absolute atomic E-state index is 12.5. The number of carbonyl (C=O) groups is 2. The second-order valence-electron chi connectivity index (χ2n) is 15.5. The summed E-state index contributed by atoms with van der Waals surface area (Å²) in [6.45, 7) is 3.88. The van der Waals surface area contributed by atoms with Gasteiger partial charge in [0.2, 0.25) is 0 Å². The zero-order chi connectivity index (χ0) is 41.1. The zero-order valence-electron chi connectivity index (χ0n) is 36.5. The predicted octanol–water partition coefficient (Wildman–Crippen LogP) is 14.8. The SMILES string of the molecule is CCCCC/C=C\C/C=C\C/C=C\CCCCCCCCC(=O)OC(COC(=O)CCCCCCCCCCCCCCCCCCCC)COP(=O)(O)OC. The third-order valence-electron chi connectivity index (χ3n) is 10.1. The van der Waals surface area contributed by atoms with E-state index in [-0.39, 0.29) is 19.0 Å². The second kappa shape index (κ2) is 42.9. The normalized spacial score (nSPS) is 13.6. The van der Waals surface area contributed by atoms with Crippen LogP contribution in [0.3, 0.4) is 0 Å². The highest BCUT2D eigenvalue weighted by molar-refractivity contribution is 7.47. The largest absolute Gasteiger partial charge is 0.472 e. The summed E-state index contributed by atoms with van der Waals surface area (Å²) in [7, 11) is -3.20. The Morgan fingerprint density at radius 2 is 0.857 bits per heavy atom. The summed E-state index contributed by atoms with van der Waals surface area (Å²) in [5.74, 6) is -0.809.